The lowest BCUT2D eigenvalue weighted by molar-refractivity contribution is -0.384. The molecule has 0 unspecified atom stereocenters. The van der Waals surface area contributed by atoms with E-state index in [1.54, 1.807) is 12.1 Å². The van der Waals surface area contributed by atoms with E-state index in [2.05, 4.69) is 4.18 Å². The molecule has 1 rings (SSSR count). The van der Waals surface area contributed by atoms with E-state index < -0.39 is 11.1 Å². The molecule has 1 aromatic rings. The first kappa shape index (κ1) is 11.3. The Balaban J connectivity index is 2.50. The number of hydrogen-bond acceptors (Lipinski definition) is 5. The maximum Gasteiger partial charge on any atom is 0.518 e. The molecule has 1 aromatic carbocycles. The molecular weight excluding hydrogens is 222 g/mol. The number of carboxylic acid groups (broad SMARTS) is 1. The lowest BCUT2D eigenvalue weighted by Gasteiger charge is -1.98. The van der Waals surface area contributed by atoms with E-state index in [4.69, 9.17) is 5.11 Å². The summed E-state index contributed by atoms with van der Waals surface area (Å²) in [6.45, 7) is 0. The summed E-state index contributed by atoms with van der Waals surface area (Å²) in [7, 11) is 0. The van der Waals surface area contributed by atoms with E-state index >= 15 is 0 Å². The summed E-state index contributed by atoms with van der Waals surface area (Å²) in [4.78, 5) is 19.8. The molecule has 0 spiro atoms. The van der Waals surface area contributed by atoms with Crippen molar-refractivity contribution >= 4 is 23.9 Å². The van der Waals surface area contributed by atoms with Crippen LogP contribution in [0.4, 0.5) is 10.5 Å². The maximum absolute atomic E-state index is 10.3. The van der Waals surface area contributed by atoms with Crippen LogP contribution in [0.25, 0.3) is 0 Å². The van der Waals surface area contributed by atoms with E-state index in [0.29, 0.717) is 5.75 Å². The molecule has 0 aliphatic carbocycles. The molecule has 6 nitrogen and oxygen atoms in total. The van der Waals surface area contributed by atoms with Crippen LogP contribution < -0.4 is 0 Å². The van der Waals surface area contributed by atoms with Crippen LogP contribution in [0.1, 0.15) is 5.56 Å². The summed E-state index contributed by atoms with van der Waals surface area (Å²) in [6, 6.07) is 5.82. The molecule has 0 fully saturated rings. The summed E-state index contributed by atoms with van der Waals surface area (Å²) in [5, 5.41) is 18.5. The fourth-order valence-corrected chi connectivity index (χ4v) is 1.35. The Labute approximate surface area is 89.2 Å². The average Bonchev–Trinajstić information content (AvgIpc) is 2.18. The van der Waals surface area contributed by atoms with Gasteiger partial charge in [-0.25, -0.2) is 4.79 Å². The second-order valence-electron chi connectivity index (χ2n) is 2.53. The van der Waals surface area contributed by atoms with Crippen LogP contribution in [0.15, 0.2) is 24.3 Å². The van der Waals surface area contributed by atoms with Gasteiger partial charge in [0.15, 0.2) is 0 Å². The van der Waals surface area contributed by atoms with Crippen molar-refractivity contribution in [2.24, 2.45) is 0 Å². The van der Waals surface area contributed by atoms with Crippen molar-refractivity contribution < 1.29 is 19.0 Å². The molecule has 0 saturated carbocycles. The van der Waals surface area contributed by atoms with Gasteiger partial charge in [-0.3, -0.25) is 10.1 Å². The van der Waals surface area contributed by atoms with Crippen LogP contribution in [0, 0.1) is 10.1 Å². The highest BCUT2D eigenvalue weighted by molar-refractivity contribution is 7.94. The molecule has 0 radical (unpaired) electrons. The molecule has 15 heavy (non-hydrogen) atoms. The fourth-order valence-electron chi connectivity index (χ4n) is 0.862. The number of carbonyl (C=O) groups is 1. The third-order valence-corrected chi connectivity index (χ3v) is 2.21. The van der Waals surface area contributed by atoms with Gasteiger partial charge in [0.05, 0.1) is 22.7 Å². The Kier molecular flexibility index (Phi) is 3.92. The highest BCUT2D eigenvalue weighted by Gasteiger charge is 2.04. The number of benzene rings is 1. The predicted octanol–water partition coefficient (Wildman–Crippen LogP) is 2.44. The van der Waals surface area contributed by atoms with E-state index in [0.717, 1.165) is 17.6 Å². The molecular formula is C8H7NO5S. The normalized spacial score (nSPS) is 9.60. The van der Waals surface area contributed by atoms with Gasteiger partial charge in [-0.15, -0.1) is 0 Å². The summed E-state index contributed by atoms with van der Waals surface area (Å²) < 4.78 is 4.22. The van der Waals surface area contributed by atoms with Gasteiger partial charge in [-0.1, -0.05) is 12.1 Å². The molecule has 0 amide bonds. The van der Waals surface area contributed by atoms with Gasteiger partial charge in [0.2, 0.25) is 0 Å². The standard InChI is InChI=1S/C8H7NO5S/c10-8(11)14-15-5-6-1-3-7(4-2-6)9(12)13/h1-4H,5H2,(H,10,11). The molecule has 0 atom stereocenters. The largest absolute Gasteiger partial charge is 0.518 e. The second kappa shape index (κ2) is 5.20. The fraction of sp³-hybridized carbons (Fsp3) is 0.125. The molecule has 0 bridgehead atoms. The topological polar surface area (TPSA) is 89.7 Å². The molecule has 0 aliphatic rings. The maximum atomic E-state index is 10.3. The zero-order chi connectivity index (χ0) is 11.3. The Morgan fingerprint density at radius 2 is 2.07 bits per heavy atom. The van der Waals surface area contributed by atoms with Crippen LogP contribution in [0.5, 0.6) is 0 Å². The number of nitro groups is 1. The quantitative estimate of drug-likeness (QED) is 0.484. The number of non-ortho nitro benzene ring substituents is 1. The predicted molar refractivity (Wildman–Crippen MR) is 53.5 cm³/mol. The molecule has 0 aliphatic heterocycles. The van der Waals surface area contributed by atoms with Crippen molar-refractivity contribution in [2.75, 3.05) is 0 Å². The molecule has 0 aromatic heterocycles. The van der Waals surface area contributed by atoms with Gasteiger partial charge >= 0.3 is 6.16 Å². The lowest BCUT2D eigenvalue weighted by atomic mass is 10.2. The summed E-state index contributed by atoms with van der Waals surface area (Å²) in [5.74, 6) is 0.324. The van der Waals surface area contributed by atoms with E-state index in [1.807, 2.05) is 0 Å². The van der Waals surface area contributed by atoms with Crippen LogP contribution in [0.3, 0.4) is 0 Å². The first-order valence-electron chi connectivity index (χ1n) is 3.85. The zero-order valence-corrected chi connectivity index (χ0v) is 8.27. The average molecular weight is 229 g/mol. The van der Waals surface area contributed by atoms with Crippen molar-refractivity contribution in [3.05, 3.63) is 39.9 Å². The number of nitro benzene ring substituents is 1. The summed E-state index contributed by atoms with van der Waals surface area (Å²) >= 11 is 0.759. The number of rotatable bonds is 4. The highest BCUT2D eigenvalue weighted by Crippen LogP contribution is 2.17. The minimum absolute atomic E-state index is 0.00269. The number of nitrogens with zero attached hydrogens (tertiary/aromatic N) is 1. The SMILES string of the molecule is O=C(O)OSCc1ccc([N+](=O)[O-])cc1. The Morgan fingerprint density at radius 1 is 1.47 bits per heavy atom. The van der Waals surface area contributed by atoms with Gasteiger partial charge in [0.25, 0.3) is 5.69 Å². The first-order chi connectivity index (χ1) is 7.09. The zero-order valence-electron chi connectivity index (χ0n) is 7.45. The molecule has 80 valence electrons. The Bertz CT molecular complexity index is 364. The minimum Gasteiger partial charge on any atom is -0.449 e. The van der Waals surface area contributed by atoms with Crippen LogP contribution in [0.2, 0.25) is 0 Å². The van der Waals surface area contributed by atoms with Gasteiger partial charge in [0, 0.05) is 12.1 Å². The van der Waals surface area contributed by atoms with Crippen LogP contribution in [-0.2, 0) is 9.94 Å². The second-order valence-corrected chi connectivity index (χ2v) is 3.23. The Morgan fingerprint density at radius 3 is 2.53 bits per heavy atom. The third kappa shape index (κ3) is 3.86. The third-order valence-electron chi connectivity index (χ3n) is 1.50. The summed E-state index contributed by atoms with van der Waals surface area (Å²) in [6.07, 6.45) is -1.36. The van der Waals surface area contributed by atoms with Gasteiger partial charge in [-0.2, -0.15) is 0 Å². The van der Waals surface area contributed by atoms with E-state index in [1.165, 1.54) is 12.1 Å². The van der Waals surface area contributed by atoms with Gasteiger partial charge in [0.1, 0.15) is 0 Å². The van der Waals surface area contributed by atoms with Crippen LogP contribution in [-0.4, -0.2) is 16.2 Å². The lowest BCUT2D eigenvalue weighted by Crippen LogP contribution is -1.92. The van der Waals surface area contributed by atoms with E-state index in [9.17, 15) is 14.9 Å². The van der Waals surface area contributed by atoms with Crippen molar-refractivity contribution in [1.29, 1.82) is 0 Å². The Hall–Kier alpha value is -1.76. The van der Waals surface area contributed by atoms with Crippen LogP contribution >= 0.6 is 12.0 Å². The molecule has 0 saturated heterocycles. The minimum atomic E-state index is -1.36. The van der Waals surface area contributed by atoms with Gasteiger partial charge < -0.3 is 9.29 Å². The molecule has 7 heteroatoms. The van der Waals surface area contributed by atoms with E-state index in [-0.39, 0.29) is 5.69 Å². The molecule has 0 heterocycles. The van der Waals surface area contributed by atoms with Crippen molar-refractivity contribution in [2.45, 2.75) is 5.75 Å². The summed E-state index contributed by atoms with van der Waals surface area (Å²) in [5.41, 5.74) is 0.759. The first-order valence-corrected chi connectivity index (χ1v) is 4.76. The number of hydrogen-bond donors (Lipinski definition) is 1. The highest BCUT2D eigenvalue weighted by atomic mass is 32.2. The monoisotopic (exact) mass is 229 g/mol. The van der Waals surface area contributed by atoms with Crippen molar-refractivity contribution in [3.8, 4) is 0 Å². The van der Waals surface area contributed by atoms with Crippen molar-refractivity contribution in [1.82, 2.24) is 0 Å². The molecule has 1 N–H and O–H groups in total. The van der Waals surface area contributed by atoms with Crippen molar-refractivity contribution in [3.63, 3.8) is 0 Å². The smallest absolute Gasteiger partial charge is 0.449 e. The van der Waals surface area contributed by atoms with Gasteiger partial charge in [-0.05, 0) is 5.56 Å².